The molecule has 27 heavy (non-hydrogen) atoms. The third kappa shape index (κ3) is 3.53. The summed E-state index contributed by atoms with van der Waals surface area (Å²) in [7, 11) is 0. The van der Waals surface area contributed by atoms with Gasteiger partial charge in [0.1, 0.15) is 23.8 Å². The zero-order valence-electron chi connectivity index (χ0n) is 15.5. The van der Waals surface area contributed by atoms with Gasteiger partial charge in [-0.1, -0.05) is 5.16 Å². The fourth-order valence-corrected chi connectivity index (χ4v) is 3.06. The van der Waals surface area contributed by atoms with Crippen molar-refractivity contribution in [1.82, 2.24) is 10.1 Å². The number of halogens is 1. The van der Waals surface area contributed by atoms with Crippen LogP contribution in [0.15, 0.2) is 28.8 Å². The van der Waals surface area contributed by atoms with Crippen molar-refractivity contribution in [3.63, 3.8) is 0 Å². The average Bonchev–Trinajstić information content (AvgIpc) is 3.13. The molecule has 140 valence electrons. The summed E-state index contributed by atoms with van der Waals surface area (Å²) in [5.74, 6) is -0.538. The highest BCUT2D eigenvalue weighted by Gasteiger charge is 2.22. The molecule has 0 saturated carbocycles. The van der Waals surface area contributed by atoms with Gasteiger partial charge in [-0.2, -0.15) is 0 Å². The molecule has 2 aromatic heterocycles. The van der Waals surface area contributed by atoms with Gasteiger partial charge in [0, 0.05) is 22.4 Å². The van der Waals surface area contributed by atoms with Crippen molar-refractivity contribution in [3.8, 4) is 11.3 Å². The Kier molecular flexibility index (Phi) is 4.94. The number of ether oxygens (including phenoxy) is 1. The van der Waals surface area contributed by atoms with Crippen molar-refractivity contribution in [2.45, 2.75) is 34.3 Å². The second-order valence-corrected chi connectivity index (χ2v) is 6.35. The van der Waals surface area contributed by atoms with E-state index in [2.05, 4.69) is 10.1 Å². The molecule has 0 aliphatic rings. The minimum absolute atomic E-state index is 0.0811. The van der Waals surface area contributed by atoms with Crippen LogP contribution in [-0.2, 0) is 11.3 Å². The second-order valence-electron chi connectivity index (χ2n) is 6.35. The van der Waals surface area contributed by atoms with E-state index in [9.17, 15) is 14.0 Å². The Labute approximate surface area is 155 Å². The van der Waals surface area contributed by atoms with Gasteiger partial charge in [-0.3, -0.25) is 4.79 Å². The van der Waals surface area contributed by atoms with Crippen LogP contribution in [0.3, 0.4) is 0 Å². The molecule has 1 N–H and O–H groups in total. The lowest BCUT2D eigenvalue weighted by molar-refractivity contribution is 0.0456. The van der Waals surface area contributed by atoms with Gasteiger partial charge in [0.15, 0.2) is 11.5 Å². The molecule has 1 aromatic carbocycles. The average molecular weight is 370 g/mol. The molecule has 6 nitrogen and oxygen atoms in total. The van der Waals surface area contributed by atoms with Crippen molar-refractivity contribution < 1.29 is 23.2 Å². The molecule has 0 aliphatic heterocycles. The van der Waals surface area contributed by atoms with Gasteiger partial charge in [-0.15, -0.1) is 0 Å². The molecule has 2 heterocycles. The minimum atomic E-state index is -0.575. The maximum absolute atomic E-state index is 13.1. The molecule has 0 fully saturated rings. The van der Waals surface area contributed by atoms with E-state index in [1.54, 1.807) is 32.9 Å². The Bertz CT molecular complexity index is 1020. The molecule has 0 radical (unpaired) electrons. The van der Waals surface area contributed by atoms with Crippen molar-refractivity contribution in [2.75, 3.05) is 0 Å². The number of carbonyl (C=O) groups is 2. The van der Waals surface area contributed by atoms with E-state index < -0.39 is 5.97 Å². The molecule has 0 amide bonds. The number of aromatic nitrogens is 2. The number of benzene rings is 1. The van der Waals surface area contributed by atoms with E-state index in [-0.39, 0.29) is 23.9 Å². The predicted molar refractivity (Wildman–Crippen MR) is 96.0 cm³/mol. The number of esters is 1. The first kappa shape index (κ1) is 18.6. The number of H-pyrrole nitrogens is 1. The molecule has 0 saturated heterocycles. The Hall–Kier alpha value is -3.22. The first-order valence-electron chi connectivity index (χ1n) is 8.38. The smallest absolute Gasteiger partial charge is 0.355 e. The number of rotatable bonds is 5. The molecule has 0 aliphatic carbocycles. The van der Waals surface area contributed by atoms with Gasteiger partial charge < -0.3 is 14.2 Å². The molecule has 3 aromatic rings. The molecule has 0 spiro atoms. The minimum Gasteiger partial charge on any atom is -0.454 e. The van der Waals surface area contributed by atoms with Crippen molar-refractivity contribution in [2.24, 2.45) is 0 Å². The monoisotopic (exact) mass is 370 g/mol. The molecule has 0 unspecified atom stereocenters. The van der Waals surface area contributed by atoms with E-state index >= 15 is 0 Å². The fraction of sp³-hybridized carbons (Fsp3) is 0.250. The van der Waals surface area contributed by atoms with Crippen molar-refractivity contribution in [3.05, 3.63) is 63.9 Å². The molecular weight excluding hydrogens is 351 g/mol. The topological polar surface area (TPSA) is 85.2 Å². The van der Waals surface area contributed by atoms with Crippen LogP contribution in [0.2, 0.25) is 0 Å². The van der Waals surface area contributed by atoms with Crippen LogP contribution < -0.4 is 0 Å². The van der Waals surface area contributed by atoms with Crippen LogP contribution >= 0.6 is 0 Å². The summed E-state index contributed by atoms with van der Waals surface area (Å²) in [5, 5.41) is 3.94. The van der Waals surface area contributed by atoms with Crippen LogP contribution in [0.1, 0.15) is 50.3 Å². The highest BCUT2D eigenvalue weighted by Crippen LogP contribution is 2.26. The summed E-state index contributed by atoms with van der Waals surface area (Å²) in [6, 6.07) is 5.85. The third-order valence-corrected chi connectivity index (χ3v) is 4.46. The van der Waals surface area contributed by atoms with E-state index in [1.807, 2.05) is 0 Å². The standard InChI is InChI=1S/C20H19FN2O4/c1-10-16(23-27-19(10)14-5-7-15(21)8-6-14)9-26-20(25)18-11(2)17(13(4)24)12(3)22-18/h5-8,22H,9H2,1-4H3. The lowest BCUT2D eigenvalue weighted by Gasteiger charge is -2.03. The predicted octanol–water partition coefficient (Wildman–Crippen LogP) is 4.29. The maximum Gasteiger partial charge on any atom is 0.355 e. The summed E-state index contributed by atoms with van der Waals surface area (Å²) in [6.07, 6.45) is 0. The van der Waals surface area contributed by atoms with Gasteiger partial charge in [0.25, 0.3) is 0 Å². The molecular formula is C20H19FN2O4. The van der Waals surface area contributed by atoms with Crippen LogP contribution in [0, 0.1) is 26.6 Å². The van der Waals surface area contributed by atoms with Crippen LogP contribution in [0.5, 0.6) is 0 Å². The summed E-state index contributed by atoms with van der Waals surface area (Å²) in [6.45, 7) is 6.59. The number of ketones is 1. The third-order valence-electron chi connectivity index (χ3n) is 4.46. The van der Waals surface area contributed by atoms with Crippen molar-refractivity contribution in [1.29, 1.82) is 0 Å². The number of hydrogen-bond acceptors (Lipinski definition) is 5. The first-order valence-corrected chi connectivity index (χ1v) is 8.38. The molecule has 0 bridgehead atoms. The normalized spacial score (nSPS) is 10.9. The highest BCUT2D eigenvalue weighted by molar-refractivity contribution is 6.01. The molecule has 3 rings (SSSR count). The van der Waals surface area contributed by atoms with Crippen LogP contribution in [0.4, 0.5) is 4.39 Å². The van der Waals surface area contributed by atoms with Gasteiger partial charge in [-0.05, 0) is 57.5 Å². The first-order chi connectivity index (χ1) is 12.8. The van der Waals surface area contributed by atoms with E-state index in [1.165, 1.54) is 19.1 Å². The highest BCUT2D eigenvalue weighted by atomic mass is 19.1. The van der Waals surface area contributed by atoms with Gasteiger partial charge >= 0.3 is 5.97 Å². The number of aryl methyl sites for hydroxylation is 1. The molecule has 7 heteroatoms. The zero-order valence-corrected chi connectivity index (χ0v) is 15.5. The van der Waals surface area contributed by atoms with Gasteiger partial charge in [0.05, 0.1) is 0 Å². The Morgan fingerprint density at radius 3 is 2.41 bits per heavy atom. The summed E-state index contributed by atoms with van der Waals surface area (Å²) < 4.78 is 23.7. The lowest BCUT2D eigenvalue weighted by Crippen LogP contribution is -2.08. The van der Waals surface area contributed by atoms with E-state index in [0.29, 0.717) is 39.4 Å². The van der Waals surface area contributed by atoms with Crippen LogP contribution in [-0.4, -0.2) is 21.9 Å². The van der Waals surface area contributed by atoms with Gasteiger partial charge in [-0.25, -0.2) is 9.18 Å². The number of Topliss-reactive ketones (excluding diaryl/α,β-unsaturated/α-hetero) is 1. The molecule has 0 atom stereocenters. The maximum atomic E-state index is 13.1. The number of aromatic amines is 1. The Morgan fingerprint density at radius 2 is 1.81 bits per heavy atom. The summed E-state index contributed by atoms with van der Waals surface area (Å²) >= 11 is 0. The lowest BCUT2D eigenvalue weighted by atomic mass is 10.1. The Morgan fingerprint density at radius 1 is 1.15 bits per heavy atom. The SMILES string of the molecule is CC(=O)c1c(C)[nH]c(C(=O)OCc2noc(-c3ccc(F)cc3)c2C)c1C. The van der Waals surface area contributed by atoms with Gasteiger partial charge in [0.2, 0.25) is 0 Å². The zero-order chi connectivity index (χ0) is 19.7. The number of nitrogens with zero attached hydrogens (tertiary/aromatic N) is 1. The van der Waals surface area contributed by atoms with Crippen molar-refractivity contribution >= 4 is 11.8 Å². The quantitative estimate of drug-likeness (QED) is 0.535. The fourth-order valence-electron chi connectivity index (χ4n) is 3.06. The largest absolute Gasteiger partial charge is 0.454 e. The van der Waals surface area contributed by atoms with E-state index in [4.69, 9.17) is 9.26 Å². The van der Waals surface area contributed by atoms with E-state index in [0.717, 1.165) is 0 Å². The second kappa shape index (κ2) is 7.19. The number of nitrogens with one attached hydrogen (secondary N) is 1. The van der Waals surface area contributed by atoms with Crippen LogP contribution in [0.25, 0.3) is 11.3 Å². The summed E-state index contributed by atoms with van der Waals surface area (Å²) in [5.41, 5.74) is 3.79. The number of carbonyl (C=O) groups excluding carboxylic acids is 2. The number of hydrogen-bond donors (Lipinski definition) is 1. The summed E-state index contributed by atoms with van der Waals surface area (Å²) in [4.78, 5) is 27.0. The Balaban J connectivity index is 1.76.